The highest BCUT2D eigenvalue weighted by molar-refractivity contribution is 9.10. The Kier molecular flexibility index (Phi) is 4.81. The minimum Gasteiger partial charge on any atom is -0.328 e. The van der Waals surface area contributed by atoms with Gasteiger partial charge in [-0.15, -0.1) is 0 Å². The number of benzene rings is 1. The molecule has 0 spiro atoms. The molecule has 2 unspecified atom stereocenters. The number of hydrogen-bond donors (Lipinski definition) is 1. The van der Waals surface area contributed by atoms with Crippen LogP contribution in [0.25, 0.3) is 0 Å². The summed E-state index contributed by atoms with van der Waals surface area (Å²) in [5.74, 6) is 0.615. The average Bonchev–Trinajstić information content (AvgIpc) is 2.16. The highest BCUT2D eigenvalue weighted by Gasteiger charge is 2.08. The predicted molar refractivity (Wildman–Crippen MR) is 70.2 cm³/mol. The largest absolute Gasteiger partial charge is 0.328 e. The van der Waals surface area contributed by atoms with Gasteiger partial charge in [0.25, 0.3) is 0 Å². The van der Waals surface area contributed by atoms with E-state index < -0.39 is 0 Å². The summed E-state index contributed by atoms with van der Waals surface area (Å²) in [6.07, 6.45) is 2.12. The van der Waals surface area contributed by atoms with Gasteiger partial charge in [-0.2, -0.15) is 0 Å². The van der Waals surface area contributed by atoms with Crippen molar-refractivity contribution in [2.45, 2.75) is 45.6 Å². The van der Waals surface area contributed by atoms with Crippen LogP contribution in [0, 0.1) is 0 Å². The maximum atomic E-state index is 5.78. The van der Waals surface area contributed by atoms with Crippen LogP contribution >= 0.6 is 15.9 Å². The summed E-state index contributed by atoms with van der Waals surface area (Å²) in [5.41, 5.74) is 8.49. The highest BCUT2D eigenvalue weighted by atomic mass is 79.9. The molecule has 2 heteroatoms. The maximum absolute atomic E-state index is 5.78. The fourth-order valence-electron chi connectivity index (χ4n) is 1.69. The maximum Gasteiger partial charge on any atom is 0.0212 e. The third-order valence-electron chi connectivity index (χ3n) is 2.77. The standard InChI is InChI=1S/C13H20BrN/c1-4-9(2)12-6-5-11(7-10(3)15)8-13(12)14/h5-6,8-10H,4,7,15H2,1-3H3. The summed E-state index contributed by atoms with van der Waals surface area (Å²) in [5, 5.41) is 0. The summed E-state index contributed by atoms with van der Waals surface area (Å²) >= 11 is 3.64. The van der Waals surface area contributed by atoms with Crippen molar-refractivity contribution in [1.82, 2.24) is 0 Å². The minimum atomic E-state index is 0.228. The van der Waals surface area contributed by atoms with Crippen molar-refractivity contribution in [3.05, 3.63) is 33.8 Å². The smallest absolute Gasteiger partial charge is 0.0212 e. The Morgan fingerprint density at radius 3 is 2.47 bits per heavy atom. The molecule has 0 saturated heterocycles. The van der Waals surface area contributed by atoms with Crippen molar-refractivity contribution in [2.75, 3.05) is 0 Å². The SMILES string of the molecule is CCC(C)c1ccc(CC(C)N)cc1Br. The monoisotopic (exact) mass is 269 g/mol. The number of hydrogen-bond acceptors (Lipinski definition) is 1. The molecule has 1 nitrogen and oxygen atoms in total. The quantitative estimate of drug-likeness (QED) is 0.883. The Hall–Kier alpha value is -0.340. The summed E-state index contributed by atoms with van der Waals surface area (Å²) < 4.78 is 1.22. The zero-order chi connectivity index (χ0) is 11.4. The topological polar surface area (TPSA) is 26.0 Å². The zero-order valence-electron chi connectivity index (χ0n) is 9.76. The van der Waals surface area contributed by atoms with Gasteiger partial charge in [0.2, 0.25) is 0 Å². The van der Waals surface area contributed by atoms with E-state index in [4.69, 9.17) is 5.73 Å². The van der Waals surface area contributed by atoms with E-state index >= 15 is 0 Å². The Labute approximate surface area is 101 Å². The lowest BCUT2D eigenvalue weighted by atomic mass is 9.96. The van der Waals surface area contributed by atoms with Crippen LogP contribution in [0.1, 0.15) is 44.2 Å². The van der Waals surface area contributed by atoms with Crippen molar-refractivity contribution >= 4 is 15.9 Å². The van der Waals surface area contributed by atoms with E-state index in [1.807, 2.05) is 6.92 Å². The van der Waals surface area contributed by atoms with Crippen LogP contribution in [-0.4, -0.2) is 6.04 Å². The lowest BCUT2D eigenvalue weighted by Crippen LogP contribution is -2.17. The van der Waals surface area contributed by atoms with Crippen LogP contribution in [0.3, 0.4) is 0 Å². The fourth-order valence-corrected chi connectivity index (χ4v) is 2.51. The van der Waals surface area contributed by atoms with E-state index in [1.54, 1.807) is 0 Å². The summed E-state index contributed by atoms with van der Waals surface area (Å²) in [6.45, 7) is 6.51. The Bertz CT molecular complexity index is 320. The van der Waals surface area contributed by atoms with Crippen molar-refractivity contribution in [3.63, 3.8) is 0 Å². The van der Waals surface area contributed by atoms with Crippen molar-refractivity contribution in [3.8, 4) is 0 Å². The van der Waals surface area contributed by atoms with Gasteiger partial charge in [0.1, 0.15) is 0 Å². The molecule has 0 radical (unpaired) electrons. The molecule has 0 bridgehead atoms. The molecule has 0 saturated carbocycles. The molecule has 0 aliphatic carbocycles. The molecule has 0 aliphatic heterocycles. The molecule has 1 rings (SSSR count). The average molecular weight is 270 g/mol. The Balaban J connectivity index is 2.88. The van der Waals surface area contributed by atoms with Gasteiger partial charge < -0.3 is 5.73 Å². The highest BCUT2D eigenvalue weighted by Crippen LogP contribution is 2.28. The first-order valence-corrected chi connectivity index (χ1v) is 6.37. The lowest BCUT2D eigenvalue weighted by Gasteiger charge is -2.13. The molecule has 0 amide bonds. The first kappa shape index (κ1) is 12.7. The molecule has 1 aromatic carbocycles. The zero-order valence-corrected chi connectivity index (χ0v) is 11.3. The Morgan fingerprint density at radius 2 is 2.00 bits per heavy atom. The number of nitrogens with two attached hydrogens (primary N) is 1. The first-order valence-electron chi connectivity index (χ1n) is 5.58. The van der Waals surface area contributed by atoms with Crippen LogP contribution in [0.4, 0.5) is 0 Å². The van der Waals surface area contributed by atoms with Gasteiger partial charge >= 0.3 is 0 Å². The van der Waals surface area contributed by atoms with E-state index in [-0.39, 0.29) is 6.04 Å². The molecule has 0 fully saturated rings. The number of halogens is 1. The molecule has 0 aromatic heterocycles. The van der Waals surface area contributed by atoms with E-state index in [2.05, 4.69) is 48.0 Å². The van der Waals surface area contributed by atoms with E-state index in [1.165, 1.54) is 22.0 Å². The van der Waals surface area contributed by atoms with E-state index in [0.717, 1.165) is 6.42 Å². The third-order valence-corrected chi connectivity index (χ3v) is 3.45. The van der Waals surface area contributed by atoms with Crippen LogP contribution in [0.5, 0.6) is 0 Å². The lowest BCUT2D eigenvalue weighted by molar-refractivity contribution is 0.721. The van der Waals surface area contributed by atoms with Gasteiger partial charge in [-0.25, -0.2) is 0 Å². The molecule has 0 aliphatic rings. The summed E-state index contributed by atoms with van der Waals surface area (Å²) in [7, 11) is 0. The second-order valence-electron chi connectivity index (χ2n) is 4.35. The van der Waals surface area contributed by atoms with E-state index in [9.17, 15) is 0 Å². The van der Waals surface area contributed by atoms with Crippen LogP contribution in [0.15, 0.2) is 22.7 Å². The molecule has 0 heterocycles. The second kappa shape index (κ2) is 5.66. The van der Waals surface area contributed by atoms with Crippen LogP contribution in [-0.2, 0) is 6.42 Å². The normalized spacial score (nSPS) is 15.0. The molecule has 2 N–H and O–H groups in total. The summed E-state index contributed by atoms with van der Waals surface area (Å²) in [4.78, 5) is 0. The molecule has 2 atom stereocenters. The molecular formula is C13H20BrN. The molecule has 1 aromatic rings. The van der Waals surface area contributed by atoms with Crippen molar-refractivity contribution in [1.29, 1.82) is 0 Å². The number of rotatable bonds is 4. The van der Waals surface area contributed by atoms with Gasteiger partial charge in [0.15, 0.2) is 0 Å². The van der Waals surface area contributed by atoms with Crippen LogP contribution in [0.2, 0.25) is 0 Å². The minimum absolute atomic E-state index is 0.228. The van der Waals surface area contributed by atoms with Crippen molar-refractivity contribution < 1.29 is 0 Å². The molecular weight excluding hydrogens is 250 g/mol. The van der Waals surface area contributed by atoms with Gasteiger partial charge in [0.05, 0.1) is 0 Å². The third kappa shape index (κ3) is 3.62. The van der Waals surface area contributed by atoms with Gasteiger partial charge in [-0.3, -0.25) is 0 Å². The van der Waals surface area contributed by atoms with Gasteiger partial charge in [-0.1, -0.05) is 41.9 Å². The first-order chi connectivity index (χ1) is 7.04. The Morgan fingerprint density at radius 1 is 1.33 bits per heavy atom. The van der Waals surface area contributed by atoms with Gasteiger partial charge in [0, 0.05) is 10.5 Å². The second-order valence-corrected chi connectivity index (χ2v) is 5.20. The van der Waals surface area contributed by atoms with E-state index in [0.29, 0.717) is 5.92 Å². The molecule has 84 valence electrons. The van der Waals surface area contributed by atoms with Crippen LogP contribution < -0.4 is 5.73 Å². The predicted octanol–water partition coefficient (Wildman–Crippen LogP) is 3.85. The fraction of sp³-hybridized carbons (Fsp3) is 0.538. The van der Waals surface area contributed by atoms with Crippen molar-refractivity contribution in [2.24, 2.45) is 5.73 Å². The summed E-state index contributed by atoms with van der Waals surface area (Å²) in [6, 6.07) is 6.84. The van der Waals surface area contributed by atoms with Gasteiger partial charge in [-0.05, 0) is 42.9 Å². The molecule has 15 heavy (non-hydrogen) atoms.